The smallest absolute Gasteiger partial charge is 0.191 e. The van der Waals surface area contributed by atoms with Crippen molar-refractivity contribution < 1.29 is 4.74 Å². The van der Waals surface area contributed by atoms with Crippen LogP contribution in [-0.4, -0.2) is 35.7 Å². The number of nitrogens with zero attached hydrogens (tertiary/aromatic N) is 3. The number of hydrogen-bond donors (Lipinski definition) is 2. The van der Waals surface area contributed by atoms with Crippen molar-refractivity contribution in [2.24, 2.45) is 4.99 Å². The average molecular weight is 554 g/mol. The normalized spacial score (nSPS) is 11.0. The maximum Gasteiger partial charge on any atom is 0.191 e. The minimum Gasteiger partial charge on any atom is -0.497 e. The summed E-state index contributed by atoms with van der Waals surface area (Å²) in [7, 11) is 1.64. The van der Waals surface area contributed by atoms with E-state index in [1.54, 1.807) is 13.3 Å². The Hall–Kier alpha value is -2.26. The number of aromatic nitrogens is 2. The van der Waals surface area contributed by atoms with E-state index in [4.69, 9.17) is 21.3 Å². The molecule has 0 aliphatic rings. The van der Waals surface area contributed by atoms with Crippen molar-refractivity contribution in [2.45, 2.75) is 26.4 Å². The third kappa shape index (κ3) is 8.06. The first-order valence-corrected chi connectivity index (χ1v) is 10.4. The summed E-state index contributed by atoms with van der Waals surface area (Å²) in [5.41, 5.74) is 3.48. The second-order valence-electron chi connectivity index (χ2n) is 6.88. The number of ether oxygens (including phenoxy) is 1. The van der Waals surface area contributed by atoms with E-state index >= 15 is 0 Å². The quantitative estimate of drug-likeness (QED) is 0.233. The molecule has 3 rings (SSSR count). The summed E-state index contributed by atoms with van der Waals surface area (Å²) in [6.07, 6.45) is 6.38. The molecule has 0 amide bonds. The summed E-state index contributed by atoms with van der Waals surface area (Å²) >= 11 is 6.33. The number of aliphatic imine (C=N–C) groups is 1. The number of guanidine groups is 1. The van der Waals surface area contributed by atoms with Crippen molar-refractivity contribution in [1.29, 1.82) is 0 Å². The lowest BCUT2D eigenvalue weighted by atomic mass is 10.1. The monoisotopic (exact) mass is 553 g/mol. The van der Waals surface area contributed by atoms with Crippen LogP contribution in [0.2, 0.25) is 5.02 Å². The van der Waals surface area contributed by atoms with E-state index in [9.17, 15) is 0 Å². The number of halogens is 2. The molecular formula is C23H29ClIN5O. The van der Waals surface area contributed by atoms with Crippen molar-refractivity contribution in [1.82, 2.24) is 20.2 Å². The predicted octanol–water partition coefficient (Wildman–Crippen LogP) is 4.51. The summed E-state index contributed by atoms with van der Waals surface area (Å²) < 4.78 is 7.26. The van der Waals surface area contributed by atoms with Gasteiger partial charge in [0, 0.05) is 37.1 Å². The molecule has 3 aromatic rings. The lowest BCUT2D eigenvalue weighted by Gasteiger charge is -2.12. The Kier molecular flexibility index (Phi) is 10.7. The molecule has 0 spiro atoms. The van der Waals surface area contributed by atoms with Crippen LogP contribution in [-0.2, 0) is 19.5 Å². The molecule has 31 heavy (non-hydrogen) atoms. The highest BCUT2D eigenvalue weighted by Gasteiger charge is 2.04. The number of benzene rings is 2. The molecule has 8 heteroatoms. The van der Waals surface area contributed by atoms with E-state index in [0.717, 1.165) is 43.3 Å². The van der Waals surface area contributed by atoms with Crippen LogP contribution in [0.3, 0.4) is 0 Å². The molecule has 0 fully saturated rings. The predicted molar refractivity (Wildman–Crippen MR) is 138 cm³/mol. The van der Waals surface area contributed by atoms with E-state index in [0.29, 0.717) is 11.6 Å². The minimum atomic E-state index is 0. The first-order valence-electron chi connectivity index (χ1n) is 10.1. The Bertz CT molecular complexity index is 962. The van der Waals surface area contributed by atoms with Gasteiger partial charge in [-0.3, -0.25) is 0 Å². The first-order chi connectivity index (χ1) is 14.7. The van der Waals surface area contributed by atoms with Gasteiger partial charge in [0.05, 0.1) is 20.0 Å². The van der Waals surface area contributed by atoms with Crippen LogP contribution in [0.5, 0.6) is 5.75 Å². The van der Waals surface area contributed by atoms with Crippen LogP contribution in [0.25, 0.3) is 0 Å². The Morgan fingerprint density at radius 1 is 1.16 bits per heavy atom. The van der Waals surface area contributed by atoms with E-state index in [1.165, 1.54) is 11.1 Å². The maximum absolute atomic E-state index is 6.33. The fourth-order valence-electron chi connectivity index (χ4n) is 3.10. The number of imidazole rings is 1. The molecule has 1 aromatic heterocycles. The molecule has 0 unspecified atom stereocenters. The summed E-state index contributed by atoms with van der Waals surface area (Å²) in [5, 5.41) is 7.39. The molecule has 1 heterocycles. The lowest BCUT2D eigenvalue weighted by molar-refractivity contribution is 0.414. The molecule has 0 aliphatic heterocycles. The maximum atomic E-state index is 6.33. The second-order valence-corrected chi connectivity index (χ2v) is 7.29. The SMILES string of the molecule is CCNC(=NCc1cccc(Cn2ccnc2)c1)NCCc1ccc(OC)cc1Cl.I. The van der Waals surface area contributed by atoms with Gasteiger partial charge in [0.2, 0.25) is 0 Å². The highest BCUT2D eigenvalue weighted by atomic mass is 127. The number of methoxy groups -OCH3 is 1. The number of nitrogens with one attached hydrogen (secondary N) is 2. The van der Waals surface area contributed by atoms with Crippen LogP contribution in [0.15, 0.2) is 66.2 Å². The van der Waals surface area contributed by atoms with E-state index in [1.807, 2.05) is 30.7 Å². The van der Waals surface area contributed by atoms with E-state index < -0.39 is 0 Å². The van der Waals surface area contributed by atoms with Crippen LogP contribution in [0.1, 0.15) is 23.6 Å². The number of rotatable bonds is 9. The van der Waals surface area contributed by atoms with Gasteiger partial charge in [0.1, 0.15) is 5.75 Å². The third-order valence-corrected chi connectivity index (χ3v) is 4.98. The van der Waals surface area contributed by atoms with Crippen molar-refractivity contribution >= 4 is 41.5 Å². The van der Waals surface area contributed by atoms with Gasteiger partial charge >= 0.3 is 0 Å². The summed E-state index contributed by atoms with van der Waals surface area (Å²) in [6.45, 7) is 5.01. The van der Waals surface area contributed by atoms with Crippen LogP contribution in [0, 0.1) is 0 Å². The van der Waals surface area contributed by atoms with E-state index in [-0.39, 0.29) is 24.0 Å². The van der Waals surface area contributed by atoms with Crippen molar-refractivity contribution in [2.75, 3.05) is 20.2 Å². The van der Waals surface area contributed by atoms with Gasteiger partial charge in [-0.2, -0.15) is 0 Å². The fraction of sp³-hybridized carbons (Fsp3) is 0.304. The van der Waals surface area contributed by atoms with Crippen LogP contribution >= 0.6 is 35.6 Å². The van der Waals surface area contributed by atoms with Crippen molar-refractivity contribution in [3.8, 4) is 5.75 Å². The Morgan fingerprint density at radius 3 is 2.71 bits per heavy atom. The largest absolute Gasteiger partial charge is 0.497 e. The first kappa shape index (κ1) is 25.0. The summed E-state index contributed by atoms with van der Waals surface area (Å²) in [6, 6.07) is 14.2. The zero-order valence-electron chi connectivity index (χ0n) is 17.8. The van der Waals surface area contributed by atoms with Gasteiger partial charge in [-0.05, 0) is 42.2 Å². The topological polar surface area (TPSA) is 63.5 Å². The second kappa shape index (κ2) is 13.2. The third-order valence-electron chi connectivity index (χ3n) is 4.63. The molecular weight excluding hydrogens is 525 g/mol. The van der Waals surface area contributed by atoms with Crippen LogP contribution in [0.4, 0.5) is 0 Å². The molecule has 0 aliphatic carbocycles. The van der Waals surface area contributed by atoms with Gasteiger partial charge in [0.25, 0.3) is 0 Å². The van der Waals surface area contributed by atoms with Crippen molar-refractivity contribution in [3.05, 3.63) is 82.9 Å². The van der Waals surface area contributed by atoms with Gasteiger partial charge < -0.3 is 19.9 Å². The standard InChI is InChI=1S/C23H28ClN5O.HI/c1-3-26-23(27-10-9-20-7-8-21(30-2)14-22(20)24)28-15-18-5-4-6-19(13-18)16-29-12-11-25-17-29;/h4-8,11-14,17H,3,9-10,15-16H2,1-2H3,(H2,26,27,28);1H. The molecule has 2 aromatic carbocycles. The lowest BCUT2D eigenvalue weighted by Crippen LogP contribution is -2.38. The molecule has 0 radical (unpaired) electrons. The highest BCUT2D eigenvalue weighted by Crippen LogP contribution is 2.22. The van der Waals surface area contributed by atoms with Gasteiger partial charge in [0.15, 0.2) is 5.96 Å². The Morgan fingerprint density at radius 2 is 2.00 bits per heavy atom. The Labute approximate surface area is 206 Å². The summed E-state index contributed by atoms with van der Waals surface area (Å²) in [4.78, 5) is 8.82. The van der Waals surface area contributed by atoms with Crippen LogP contribution < -0.4 is 15.4 Å². The van der Waals surface area contributed by atoms with Gasteiger partial charge in [-0.15, -0.1) is 24.0 Å². The zero-order valence-corrected chi connectivity index (χ0v) is 20.9. The van der Waals surface area contributed by atoms with Gasteiger partial charge in [-0.1, -0.05) is 41.9 Å². The highest BCUT2D eigenvalue weighted by molar-refractivity contribution is 14.0. The minimum absolute atomic E-state index is 0. The molecule has 0 bridgehead atoms. The fourth-order valence-corrected chi connectivity index (χ4v) is 3.37. The van der Waals surface area contributed by atoms with E-state index in [2.05, 4.69) is 51.4 Å². The molecule has 0 saturated heterocycles. The molecule has 2 N–H and O–H groups in total. The summed E-state index contributed by atoms with van der Waals surface area (Å²) in [5.74, 6) is 1.56. The van der Waals surface area contributed by atoms with Gasteiger partial charge in [-0.25, -0.2) is 9.98 Å². The molecule has 166 valence electrons. The molecule has 0 saturated carbocycles. The molecule has 6 nitrogen and oxygen atoms in total. The Balaban J connectivity index is 0.00000341. The molecule has 0 atom stereocenters. The zero-order chi connectivity index (χ0) is 21.2. The van der Waals surface area contributed by atoms with Crippen molar-refractivity contribution in [3.63, 3.8) is 0 Å². The number of hydrogen-bond acceptors (Lipinski definition) is 3. The average Bonchev–Trinajstić information content (AvgIpc) is 3.26.